The third-order valence-electron chi connectivity index (χ3n) is 3.90. The molecule has 1 aliphatic rings. The fourth-order valence-electron chi connectivity index (χ4n) is 2.47. The number of benzene rings is 2. The van der Waals surface area contributed by atoms with Gasteiger partial charge in [-0.2, -0.15) is 0 Å². The lowest BCUT2D eigenvalue weighted by molar-refractivity contribution is -0.122. The summed E-state index contributed by atoms with van der Waals surface area (Å²) in [4.78, 5) is 24.0. The third-order valence-corrected chi connectivity index (χ3v) is 3.90. The van der Waals surface area contributed by atoms with Gasteiger partial charge in [-0.3, -0.25) is 4.79 Å². The van der Waals surface area contributed by atoms with E-state index in [0.717, 1.165) is 0 Å². The molecule has 0 radical (unpaired) electrons. The molecule has 0 spiro atoms. The fraction of sp³-hybridized carbons (Fsp3) is 0.263. The van der Waals surface area contributed by atoms with Crippen LogP contribution >= 0.6 is 0 Å². The van der Waals surface area contributed by atoms with E-state index in [1.165, 1.54) is 26.4 Å². The maximum Gasteiger partial charge on any atom is 0.337 e. The molecule has 2 aromatic carbocycles. The molecule has 1 N–H and O–H groups in total. The lowest BCUT2D eigenvalue weighted by Gasteiger charge is -2.17. The Bertz CT molecular complexity index is 865. The second kappa shape index (κ2) is 7.86. The number of carbonyl (C=O) groups is 2. The van der Waals surface area contributed by atoms with Crippen LogP contribution in [0.4, 0.5) is 5.69 Å². The predicted octanol–water partition coefficient (Wildman–Crippen LogP) is 2.62. The number of ether oxygens (including phenoxy) is 5. The number of esters is 1. The predicted molar refractivity (Wildman–Crippen MR) is 95.6 cm³/mol. The molecule has 0 saturated carbocycles. The minimum absolute atomic E-state index is 0.160. The molecule has 1 atom stereocenters. The summed E-state index contributed by atoms with van der Waals surface area (Å²) in [5, 5.41) is 2.75. The Labute approximate surface area is 155 Å². The Morgan fingerprint density at radius 3 is 2.56 bits per heavy atom. The molecule has 8 heteroatoms. The molecule has 0 bridgehead atoms. The van der Waals surface area contributed by atoms with E-state index >= 15 is 0 Å². The van der Waals surface area contributed by atoms with E-state index in [-0.39, 0.29) is 12.7 Å². The molecule has 27 heavy (non-hydrogen) atoms. The van der Waals surface area contributed by atoms with Crippen LogP contribution in [-0.2, 0) is 9.53 Å². The van der Waals surface area contributed by atoms with Crippen LogP contribution in [-0.4, -0.2) is 39.0 Å². The van der Waals surface area contributed by atoms with Gasteiger partial charge in [0.1, 0.15) is 0 Å². The first kappa shape index (κ1) is 18.4. The summed E-state index contributed by atoms with van der Waals surface area (Å²) in [6.07, 6.45) is -0.812. The molecule has 1 aliphatic heterocycles. The minimum Gasteiger partial charge on any atom is -0.493 e. The van der Waals surface area contributed by atoms with Gasteiger partial charge in [0.25, 0.3) is 5.91 Å². The van der Waals surface area contributed by atoms with E-state index < -0.39 is 12.1 Å². The highest BCUT2D eigenvalue weighted by Crippen LogP contribution is 2.34. The number of nitrogens with one attached hydrogen (secondary N) is 1. The van der Waals surface area contributed by atoms with E-state index in [9.17, 15) is 9.59 Å². The normalized spacial score (nSPS) is 12.9. The maximum atomic E-state index is 12.4. The summed E-state index contributed by atoms with van der Waals surface area (Å²) in [6.45, 7) is 1.77. The number of amides is 1. The van der Waals surface area contributed by atoms with Crippen LogP contribution in [0.3, 0.4) is 0 Å². The number of hydrogen-bond acceptors (Lipinski definition) is 7. The highest BCUT2D eigenvalue weighted by atomic mass is 16.7. The number of methoxy groups -OCH3 is 2. The van der Waals surface area contributed by atoms with Gasteiger partial charge in [-0.05, 0) is 37.3 Å². The lowest BCUT2D eigenvalue weighted by atomic mass is 10.2. The van der Waals surface area contributed by atoms with Crippen molar-refractivity contribution in [1.29, 1.82) is 0 Å². The number of carbonyl (C=O) groups excluding carboxylic acids is 2. The molecule has 142 valence electrons. The van der Waals surface area contributed by atoms with Crippen LogP contribution in [0.25, 0.3) is 0 Å². The second-order valence-corrected chi connectivity index (χ2v) is 5.67. The first-order valence-electron chi connectivity index (χ1n) is 8.15. The van der Waals surface area contributed by atoms with E-state index in [2.05, 4.69) is 10.1 Å². The molecule has 3 rings (SSSR count). The summed E-state index contributed by atoms with van der Waals surface area (Å²) >= 11 is 0. The summed E-state index contributed by atoms with van der Waals surface area (Å²) in [7, 11) is 2.74. The Morgan fingerprint density at radius 2 is 1.81 bits per heavy atom. The number of anilines is 1. The molecule has 1 amide bonds. The van der Waals surface area contributed by atoms with Crippen molar-refractivity contribution in [3.8, 4) is 23.0 Å². The fourth-order valence-corrected chi connectivity index (χ4v) is 2.47. The lowest BCUT2D eigenvalue weighted by Crippen LogP contribution is -2.30. The molecule has 0 saturated heterocycles. The van der Waals surface area contributed by atoms with Crippen molar-refractivity contribution in [2.45, 2.75) is 13.0 Å². The smallest absolute Gasteiger partial charge is 0.337 e. The van der Waals surface area contributed by atoms with Crippen LogP contribution in [0.2, 0.25) is 0 Å². The Hall–Kier alpha value is -3.42. The first-order chi connectivity index (χ1) is 13.0. The van der Waals surface area contributed by atoms with Gasteiger partial charge in [0.15, 0.2) is 29.1 Å². The van der Waals surface area contributed by atoms with Crippen molar-refractivity contribution in [2.75, 3.05) is 26.3 Å². The monoisotopic (exact) mass is 373 g/mol. The van der Waals surface area contributed by atoms with Gasteiger partial charge < -0.3 is 29.0 Å². The summed E-state index contributed by atoms with van der Waals surface area (Å²) in [5.74, 6) is 1.01. The number of hydrogen-bond donors (Lipinski definition) is 1. The topological polar surface area (TPSA) is 92.3 Å². The van der Waals surface area contributed by atoms with Crippen LogP contribution in [0.1, 0.15) is 17.3 Å². The van der Waals surface area contributed by atoms with Crippen molar-refractivity contribution < 1.29 is 33.3 Å². The highest BCUT2D eigenvalue weighted by molar-refractivity contribution is 5.94. The van der Waals surface area contributed by atoms with E-state index in [1.807, 2.05) is 0 Å². The largest absolute Gasteiger partial charge is 0.493 e. The molecule has 1 heterocycles. The van der Waals surface area contributed by atoms with Gasteiger partial charge in [-0.1, -0.05) is 0 Å². The Balaban J connectivity index is 1.68. The zero-order valence-corrected chi connectivity index (χ0v) is 15.1. The SMILES string of the molecule is COC(=O)c1ccc(O[C@@H](C)C(=O)Nc2ccc3c(c2)OCO3)c(OC)c1. The number of fused-ring (bicyclic) bond motifs is 1. The highest BCUT2D eigenvalue weighted by Gasteiger charge is 2.20. The zero-order chi connectivity index (χ0) is 19.4. The standard InChI is InChI=1S/C19H19NO7/c1-11(18(21)20-13-5-7-14-17(9-13)26-10-25-14)27-15-6-4-12(19(22)24-3)8-16(15)23-2/h4-9,11H,10H2,1-3H3,(H,20,21)/t11-/m0/s1. The van der Waals surface area contributed by atoms with E-state index in [0.29, 0.717) is 34.2 Å². The maximum absolute atomic E-state index is 12.4. The average Bonchev–Trinajstić information content (AvgIpc) is 3.15. The van der Waals surface area contributed by atoms with Crippen molar-refractivity contribution in [1.82, 2.24) is 0 Å². The molecule has 2 aromatic rings. The number of rotatable bonds is 6. The van der Waals surface area contributed by atoms with Gasteiger partial charge in [0, 0.05) is 11.8 Å². The van der Waals surface area contributed by atoms with Crippen molar-refractivity contribution in [3.63, 3.8) is 0 Å². The van der Waals surface area contributed by atoms with Crippen LogP contribution in [0.15, 0.2) is 36.4 Å². The summed E-state index contributed by atoms with van der Waals surface area (Å²) in [6, 6.07) is 9.69. The molecule has 8 nitrogen and oxygen atoms in total. The Morgan fingerprint density at radius 1 is 1.04 bits per heavy atom. The van der Waals surface area contributed by atoms with Gasteiger partial charge in [-0.15, -0.1) is 0 Å². The van der Waals surface area contributed by atoms with Crippen molar-refractivity contribution >= 4 is 17.6 Å². The second-order valence-electron chi connectivity index (χ2n) is 5.67. The molecule has 0 aliphatic carbocycles. The van der Waals surface area contributed by atoms with Gasteiger partial charge in [0.05, 0.1) is 19.8 Å². The van der Waals surface area contributed by atoms with Crippen molar-refractivity contribution in [2.24, 2.45) is 0 Å². The van der Waals surface area contributed by atoms with Gasteiger partial charge in [-0.25, -0.2) is 4.79 Å². The quantitative estimate of drug-likeness (QED) is 0.778. The average molecular weight is 373 g/mol. The molecule has 0 aromatic heterocycles. The van der Waals surface area contributed by atoms with E-state index in [4.69, 9.17) is 18.9 Å². The molecule has 0 fully saturated rings. The third kappa shape index (κ3) is 4.05. The molecular weight excluding hydrogens is 354 g/mol. The summed E-state index contributed by atoms with van der Waals surface area (Å²) < 4.78 is 26.1. The van der Waals surface area contributed by atoms with Crippen molar-refractivity contribution in [3.05, 3.63) is 42.0 Å². The molecular formula is C19H19NO7. The Kier molecular flexibility index (Phi) is 5.35. The van der Waals surface area contributed by atoms with Gasteiger partial charge in [0.2, 0.25) is 6.79 Å². The van der Waals surface area contributed by atoms with Crippen LogP contribution < -0.4 is 24.3 Å². The first-order valence-corrected chi connectivity index (χ1v) is 8.15. The van der Waals surface area contributed by atoms with Crippen LogP contribution in [0.5, 0.6) is 23.0 Å². The summed E-state index contributed by atoms with van der Waals surface area (Å²) in [5.41, 5.74) is 0.881. The minimum atomic E-state index is -0.812. The zero-order valence-electron chi connectivity index (χ0n) is 15.1. The van der Waals surface area contributed by atoms with Crippen LogP contribution in [0, 0.1) is 0 Å². The van der Waals surface area contributed by atoms with Gasteiger partial charge >= 0.3 is 5.97 Å². The van der Waals surface area contributed by atoms with E-state index in [1.54, 1.807) is 31.2 Å². The molecule has 0 unspecified atom stereocenters.